The van der Waals surface area contributed by atoms with Crippen molar-refractivity contribution < 1.29 is 5.11 Å². The van der Waals surface area contributed by atoms with E-state index in [2.05, 4.69) is 59.5 Å². The second-order valence-electron chi connectivity index (χ2n) is 3.57. The summed E-state index contributed by atoms with van der Waals surface area (Å²) < 4.78 is 4.45. The van der Waals surface area contributed by atoms with Crippen molar-refractivity contribution in [2.45, 2.75) is 6.10 Å². The topological polar surface area (TPSA) is 38.0 Å². The Hall–Kier alpha value is 0.0800. The second-order valence-corrected chi connectivity index (χ2v) is 6.50. The molecule has 0 aliphatic heterocycles. The molecule has 0 spiro atoms. The third-order valence-electron chi connectivity index (χ3n) is 2.45. The number of rotatable bonds is 2. The lowest BCUT2D eigenvalue weighted by Crippen LogP contribution is -2.08. The molecule has 6 heteroatoms. The smallest absolute Gasteiger partial charge is 0.123 e. The molecule has 90 valence electrons. The average Bonchev–Trinajstić information content (AvgIpc) is 2.61. The molecule has 0 fully saturated rings. The first-order chi connectivity index (χ1) is 8.00. The summed E-state index contributed by atoms with van der Waals surface area (Å²) in [5.74, 6) is 0. The maximum atomic E-state index is 10.4. The van der Waals surface area contributed by atoms with Gasteiger partial charge in [-0.2, -0.15) is 5.10 Å². The van der Waals surface area contributed by atoms with Gasteiger partial charge in [-0.15, -0.1) is 0 Å². The molecule has 0 saturated carbocycles. The van der Waals surface area contributed by atoms with E-state index >= 15 is 0 Å². The predicted octanol–water partition coefficient (Wildman–Crippen LogP) is 3.63. The van der Waals surface area contributed by atoms with E-state index in [1.54, 1.807) is 10.9 Å². The van der Waals surface area contributed by atoms with E-state index in [9.17, 15) is 5.11 Å². The first kappa shape index (κ1) is 13.5. The zero-order valence-corrected chi connectivity index (χ0v) is 14.2. The number of halogens is 3. The number of aryl methyl sites for hydroxylation is 1. The number of benzene rings is 1. The normalized spacial score (nSPS) is 12.8. The van der Waals surface area contributed by atoms with Gasteiger partial charge in [0.2, 0.25) is 0 Å². The Balaban J connectivity index is 2.50. The van der Waals surface area contributed by atoms with Gasteiger partial charge in [0.05, 0.1) is 16.4 Å². The number of hydrogen-bond donors (Lipinski definition) is 1. The average molecular weight is 472 g/mol. The van der Waals surface area contributed by atoms with Crippen LogP contribution in [-0.2, 0) is 7.05 Å². The van der Waals surface area contributed by atoms with Crippen molar-refractivity contribution in [3.8, 4) is 0 Å². The Kier molecular flexibility index (Phi) is 4.27. The maximum Gasteiger partial charge on any atom is 0.123 e. The molecule has 2 rings (SSSR count). The summed E-state index contributed by atoms with van der Waals surface area (Å²) in [4.78, 5) is 0. The minimum absolute atomic E-state index is 0.693. The van der Waals surface area contributed by atoms with Crippen LogP contribution < -0.4 is 0 Å². The number of hydrogen-bond acceptors (Lipinski definition) is 2. The fraction of sp³-hybridized carbons (Fsp3) is 0.182. The fourth-order valence-corrected chi connectivity index (χ4v) is 3.17. The molecule has 1 aromatic carbocycles. The van der Waals surface area contributed by atoms with Crippen molar-refractivity contribution in [2.75, 3.05) is 0 Å². The summed E-state index contributed by atoms with van der Waals surface area (Å²) in [6, 6.07) is 5.84. The van der Waals surface area contributed by atoms with Crippen LogP contribution in [0.25, 0.3) is 0 Å². The Morgan fingerprint density at radius 2 is 2.12 bits per heavy atom. The fourth-order valence-electron chi connectivity index (χ4n) is 1.60. The van der Waals surface area contributed by atoms with Crippen LogP contribution in [0, 0.1) is 3.57 Å². The highest BCUT2D eigenvalue weighted by Gasteiger charge is 2.20. The lowest BCUT2D eigenvalue weighted by molar-refractivity contribution is 0.208. The molecular formula is C11H9Br2IN2O. The summed E-state index contributed by atoms with van der Waals surface area (Å²) in [6.45, 7) is 0. The highest BCUT2D eigenvalue weighted by atomic mass is 127. The quantitative estimate of drug-likeness (QED) is 0.679. The lowest BCUT2D eigenvalue weighted by atomic mass is 10.1. The van der Waals surface area contributed by atoms with Gasteiger partial charge in [0.25, 0.3) is 0 Å². The molecule has 1 atom stereocenters. The SMILES string of the molecule is Cn1ncc(Br)c1C(O)c1cc(Br)ccc1I. The molecule has 1 heterocycles. The van der Waals surface area contributed by atoms with Gasteiger partial charge in [-0.25, -0.2) is 0 Å². The van der Waals surface area contributed by atoms with Crippen molar-refractivity contribution in [2.24, 2.45) is 7.05 Å². The van der Waals surface area contributed by atoms with Gasteiger partial charge in [0.1, 0.15) is 6.10 Å². The van der Waals surface area contributed by atoms with E-state index in [1.165, 1.54) is 0 Å². The highest BCUT2D eigenvalue weighted by Crippen LogP contribution is 2.32. The van der Waals surface area contributed by atoms with Crippen LogP contribution in [0.2, 0.25) is 0 Å². The third kappa shape index (κ3) is 2.74. The largest absolute Gasteiger partial charge is 0.382 e. The molecular weight excluding hydrogens is 463 g/mol. The molecule has 17 heavy (non-hydrogen) atoms. The number of aromatic nitrogens is 2. The second kappa shape index (κ2) is 5.38. The number of aliphatic hydroxyl groups excluding tert-OH is 1. The highest BCUT2D eigenvalue weighted by molar-refractivity contribution is 14.1. The van der Waals surface area contributed by atoms with Crippen LogP contribution in [0.4, 0.5) is 0 Å². The summed E-state index contributed by atoms with van der Waals surface area (Å²) in [7, 11) is 1.81. The van der Waals surface area contributed by atoms with Crippen molar-refractivity contribution in [1.82, 2.24) is 9.78 Å². The number of aliphatic hydroxyl groups is 1. The van der Waals surface area contributed by atoms with Gasteiger partial charge >= 0.3 is 0 Å². The zero-order valence-electron chi connectivity index (χ0n) is 8.86. The molecule has 0 aliphatic carbocycles. The van der Waals surface area contributed by atoms with Crippen molar-refractivity contribution >= 4 is 54.5 Å². The Morgan fingerprint density at radius 1 is 1.41 bits per heavy atom. The molecule has 0 bridgehead atoms. The van der Waals surface area contributed by atoms with Gasteiger partial charge in [-0.05, 0) is 56.7 Å². The molecule has 1 unspecified atom stereocenters. The van der Waals surface area contributed by atoms with E-state index in [4.69, 9.17) is 0 Å². The van der Waals surface area contributed by atoms with Crippen LogP contribution in [0.1, 0.15) is 17.4 Å². The standard InChI is InChI=1S/C11H9Br2IN2O/c1-16-10(8(13)5-15-16)11(17)7-4-6(12)2-3-9(7)14/h2-5,11,17H,1H3. The van der Waals surface area contributed by atoms with E-state index in [0.29, 0.717) is 0 Å². The Labute approximate surface area is 130 Å². The first-order valence-electron chi connectivity index (χ1n) is 4.81. The summed E-state index contributed by atoms with van der Waals surface area (Å²) in [5.41, 5.74) is 1.62. The molecule has 2 aromatic rings. The maximum absolute atomic E-state index is 10.4. The van der Waals surface area contributed by atoms with Crippen LogP contribution >= 0.6 is 54.5 Å². The Bertz CT molecular complexity index is 537. The lowest BCUT2D eigenvalue weighted by Gasteiger charge is -2.14. The summed E-state index contributed by atoms with van der Waals surface area (Å²) in [5, 5.41) is 14.5. The van der Waals surface area contributed by atoms with Crippen molar-refractivity contribution in [3.63, 3.8) is 0 Å². The monoisotopic (exact) mass is 470 g/mol. The molecule has 0 aliphatic rings. The first-order valence-corrected chi connectivity index (χ1v) is 7.47. The van der Waals surface area contributed by atoms with Crippen molar-refractivity contribution in [3.05, 3.63) is 48.2 Å². The van der Waals surface area contributed by atoms with Gasteiger partial charge in [-0.1, -0.05) is 15.9 Å². The van der Waals surface area contributed by atoms with Gasteiger partial charge in [0, 0.05) is 20.7 Å². The van der Waals surface area contributed by atoms with Crippen LogP contribution in [0.3, 0.4) is 0 Å². The molecule has 0 saturated heterocycles. The van der Waals surface area contributed by atoms with Gasteiger partial charge in [0.15, 0.2) is 0 Å². The Morgan fingerprint density at radius 3 is 2.71 bits per heavy atom. The van der Waals surface area contributed by atoms with E-state index in [-0.39, 0.29) is 0 Å². The van der Waals surface area contributed by atoms with Gasteiger partial charge < -0.3 is 5.11 Å². The van der Waals surface area contributed by atoms with E-state index in [1.807, 2.05) is 25.2 Å². The molecule has 0 amide bonds. The zero-order chi connectivity index (χ0) is 12.6. The van der Waals surface area contributed by atoms with E-state index < -0.39 is 6.10 Å². The van der Waals surface area contributed by atoms with Crippen LogP contribution in [0.15, 0.2) is 33.3 Å². The molecule has 3 nitrogen and oxygen atoms in total. The summed E-state index contributed by atoms with van der Waals surface area (Å²) in [6.07, 6.45) is 0.991. The van der Waals surface area contributed by atoms with Crippen LogP contribution in [0.5, 0.6) is 0 Å². The molecule has 0 radical (unpaired) electrons. The molecule has 1 N–H and O–H groups in total. The molecule has 1 aromatic heterocycles. The van der Waals surface area contributed by atoms with Crippen LogP contribution in [-0.4, -0.2) is 14.9 Å². The predicted molar refractivity (Wildman–Crippen MR) is 81.8 cm³/mol. The minimum Gasteiger partial charge on any atom is -0.382 e. The van der Waals surface area contributed by atoms with Gasteiger partial charge in [-0.3, -0.25) is 4.68 Å². The number of nitrogens with zero attached hydrogens (tertiary/aromatic N) is 2. The third-order valence-corrected chi connectivity index (χ3v) is 4.54. The van der Waals surface area contributed by atoms with Crippen molar-refractivity contribution in [1.29, 1.82) is 0 Å². The van der Waals surface area contributed by atoms with E-state index in [0.717, 1.165) is 23.8 Å². The minimum atomic E-state index is -0.693. The summed E-state index contributed by atoms with van der Waals surface area (Å²) >= 11 is 9.03.